The number of allylic oxidation sites excluding steroid dienone is 2. The Morgan fingerprint density at radius 3 is 2.31 bits per heavy atom. The Morgan fingerprint density at radius 2 is 1.59 bits per heavy atom. The monoisotopic (exact) mass is 456 g/mol. The molecule has 188 valence electrons. The average Bonchev–Trinajstić information content (AvgIpc) is 3.00. The highest BCUT2D eigenvalue weighted by Gasteiger charge is 2.40. The van der Waals surface area contributed by atoms with E-state index in [4.69, 9.17) is 14.2 Å². The molecule has 0 radical (unpaired) electrons. The Balaban J connectivity index is 2.14. The molecule has 1 fully saturated rings. The second-order valence-electron chi connectivity index (χ2n) is 9.26. The van der Waals surface area contributed by atoms with Crippen LogP contribution in [0.15, 0.2) is 12.2 Å². The number of hydrogen-bond donors (Lipinski definition) is 2. The maximum Gasteiger partial charge on any atom is 0.306 e. The fourth-order valence-corrected chi connectivity index (χ4v) is 4.31. The molecule has 1 rings (SSSR count). The van der Waals surface area contributed by atoms with Crippen molar-refractivity contribution in [1.29, 1.82) is 0 Å². The van der Waals surface area contributed by atoms with Gasteiger partial charge in [0.05, 0.1) is 31.5 Å². The van der Waals surface area contributed by atoms with Gasteiger partial charge >= 0.3 is 5.97 Å². The minimum absolute atomic E-state index is 0.0510. The van der Waals surface area contributed by atoms with E-state index in [9.17, 15) is 15.0 Å². The van der Waals surface area contributed by atoms with Crippen molar-refractivity contribution in [3.63, 3.8) is 0 Å². The average molecular weight is 457 g/mol. The summed E-state index contributed by atoms with van der Waals surface area (Å²) in [6, 6.07) is 0. The topological polar surface area (TPSA) is 85.2 Å². The number of aliphatic hydroxyl groups excluding tert-OH is 2. The van der Waals surface area contributed by atoms with Crippen LogP contribution in [0.5, 0.6) is 0 Å². The van der Waals surface area contributed by atoms with Gasteiger partial charge in [-0.1, -0.05) is 44.8 Å². The first-order valence-corrected chi connectivity index (χ1v) is 12.8. The van der Waals surface area contributed by atoms with Crippen LogP contribution >= 0.6 is 0 Å². The quantitative estimate of drug-likeness (QED) is 0.165. The highest BCUT2D eigenvalue weighted by Crippen LogP contribution is 2.37. The third-order valence-corrected chi connectivity index (χ3v) is 6.07. The van der Waals surface area contributed by atoms with Gasteiger partial charge in [0.2, 0.25) is 0 Å². The van der Waals surface area contributed by atoms with E-state index < -0.39 is 12.2 Å². The van der Waals surface area contributed by atoms with E-state index in [2.05, 4.69) is 19.1 Å². The molecular formula is C26H48O6. The fraction of sp³-hybridized carbons (Fsp3) is 0.885. The second kappa shape index (κ2) is 18.5. The summed E-state index contributed by atoms with van der Waals surface area (Å²) in [7, 11) is 0. The largest absolute Gasteiger partial charge is 0.463 e. The number of unbranched alkanes of at least 4 members (excludes halogenated alkanes) is 5. The molecule has 4 atom stereocenters. The molecule has 0 amide bonds. The van der Waals surface area contributed by atoms with Gasteiger partial charge in [-0.3, -0.25) is 4.79 Å². The van der Waals surface area contributed by atoms with Crippen LogP contribution in [0.1, 0.15) is 91.4 Å². The lowest BCUT2D eigenvalue weighted by molar-refractivity contribution is -0.147. The van der Waals surface area contributed by atoms with Crippen molar-refractivity contribution in [3.05, 3.63) is 12.2 Å². The predicted octanol–water partition coefficient (Wildman–Crippen LogP) is 4.81. The van der Waals surface area contributed by atoms with Crippen molar-refractivity contribution >= 4 is 5.97 Å². The van der Waals surface area contributed by atoms with Gasteiger partial charge in [-0.15, -0.1) is 0 Å². The lowest BCUT2D eigenvalue weighted by Crippen LogP contribution is -2.23. The zero-order valence-corrected chi connectivity index (χ0v) is 20.7. The first kappa shape index (κ1) is 29.1. The van der Waals surface area contributed by atoms with Crippen LogP contribution in [0.3, 0.4) is 0 Å². The number of carbonyl (C=O) groups is 1. The Kier molecular flexibility index (Phi) is 16.8. The molecule has 1 saturated carbocycles. The molecular weight excluding hydrogens is 408 g/mol. The zero-order valence-electron chi connectivity index (χ0n) is 20.7. The van der Waals surface area contributed by atoms with Crippen LogP contribution in [0, 0.1) is 11.8 Å². The van der Waals surface area contributed by atoms with Crippen molar-refractivity contribution < 1.29 is 29.2 Å². The SMILES string of the molecule is CCCCCCCOCCOCC[C@@H]1[C@@H](C/C=C\CCCC(=O)OC(C)C)[C@@H](O)C[C@H]1O. The molecule has 0 aliphatic heterocycles. The maximum absolute atomic E-state index is 11.5. The van der Waals surface area contributed by atoms with Crippen LogP contribution in [0.2, 0.25) is 0 Å². The first-order valence-electron chi connectivity index (χ1n) is 12.8. The van der Waals surface area contributed by atoms with E-state index in [1.54, 1.807) is 0 Å². The van der Waals surface area contributed by atoms with E-state index in [0.717, 1.165) is 38.7 Å². The molecule has 32 heavy (non-hydrogen) atoms. The standard InChI is InChI=1S/C26H48O6/c1-4-5-6-9-12-16-30-18-19-31-17-15-23-22(24(27)20-25(23)28)13-10-7-8-11-14-26(29)32-21(2)3/h7,10,21-25,27-28H,4-6,8-9,11-20H2,1-3H3/b10-7-/t22-,23-,24+,25-/m1/s1. The molecule has 2 N–H and O–H groups in total. The van der Waals surface area contributed by atoms with Crippen LogP contribution in [-0.4, -0.2) is 60.9 Å². The Bertz CT molecular complexity index is 493. The summed E-state index contributed by atoms with van der Waals surface area (Å²) >= 11 is 0. The van der Waals surface area contributed by atoms with E-state index in [1.807, 2.05) is 13.8 Å². The van der Waals surface area contributed by atoms with Gasteiger partial charge in [0.25, 0.3) is 0 Å². The van der Waals surface area contributed by atoms with Gasteiger partial charge in [0.1, 0.15) is 0 Å². The van der Waals surface area contributed by atoms with Crippen molar-refractivity contribution in [3.8, 4) is 0 Å². The predicted molar refractivity (Wildman–Crippen MR) is 127 cm³/mol. The van der Waals surface area contributed by atoms with E-state index >= 15 is 0 Å². The maximum atomic E-state index is 11.5. The molecule has 0 aromatic carbocycles. The fourth-order valence-electron chi connectivity index (χ4n) is 4.31. The molecule has 0 heterocycles. The number of ether oxygens (including phenoxy) is 3. The van der Waals surface area contributed by atoms with Gasteiger partial charge in [0.15, 0.2) is 0 Å². The summed E-state index contributed by atoms with van der Waals surface area (Å²) < 4.78 is 16.4. The normalized spacial score (nSPS) is 23.4. The smallest absolute Gasteiger partial charge is 0.306 e. The Morgan fingerprint density at radius 1 is 0.906 bits per heavy atom. The van der Waals surface area contributed by atoms with Gasteiger partial charge in [-0.05, 0) is 64.2 Å². The highest BCUT2D eigenvalue weighted by atomic mass is 16.5. The lowest BCUT2D eigenvalue weighted by Gasteiger charge is -2.22. The minimum atomic E-state index is -0.475. The molecule has 0 saturated heterocycles. The Hall–Kier alpha value is -0.950. The van der Waals surface area contributed by atoms with E-state index in [0.29, 0.717) is 32.7 Å². The summed E-state index contributed by atoms with van der Waals surface area (Å²) in [6.07, 6.45) is 13.2. The summed E-state index contributed by atoms with van der Waals surface area (Å²) in [4.78, 5) is 11.5. The molecule has 6 nitrogen and oxygen atoms in total. The molecule has 0 aromatic heterocycles. The number of carbonyl (C=O) groups excluding carboxylic acids is 1. The molecule has 0 unspecified atom stereocenters. The molecule has 0 aromatic rings. The van der Waals surface area contributed by atoms with Gasteiger partial charge in [-0.2, -0.15) is 0 Å². The van der Waals surface area contributed by atoms with Crippen molar-refractivity contribution in [2.45, 2.75) is 110 Å². The zero-order chi connectivity index (χ0) is 23.6. The second-order valence-corrected chi connectivity index (χ2v) is 9.26. The summed E-state index contributed by atoms with van der Waals surface area (Å²) in [5.41, 5.74) is 0. The van der Waals surface area contributed by atoms with Crippen LogP contribution in [-0.2, 0) is 19.0 Å². The van der Waals surface area contributed by atoms with E-state index in [-0.39, 0.29) is 23.9 Å². The molecule has 0 spiro atoms. The third-order valence-electron chi connectivity index (χ3n) is 6.07. The van der Waals surface area contributed by atoms with Crippen LogP contribution < -0.4 is 0 Å². The number of esters is 1. The first-order chi connectivity index (χ1) is 15.5. The summed E-state index contributed by atoms with van der Waals surface area (Å²) in [5, 5.41) is 20.7. The highest BCUT2D eigenvalue weighted by molar-refractivity contribution is 5.69. The third kappa shape index (κ3) is 13.6. The molecule has 0 bridgehead atoms. The molecule has 6 heteroatoms. The summed E-state index contributed by atoms with van der Waals surface area (Å²) in [6.45, 7) is 8.48. The summed E-state index contributed by atoms with van der Waals surface area (Å²) in [5.74, 6) is -0.0505. The van der Waals surface area contributed by atoms with Gasteiger partial charge in [-0.25, -0.2) is 0 Å². The number of aliphatic hydroxyl groups is 2. The van der Waals surface area contributed by atoms with Gasteiger partial charge < -0.3 is 24.4 Å². The van der Waals surface area contributed by atoms with Crippen molar-refractivity contribution in [2.75, 3.05) is 26.4 Å². The Labute approximate surface area is 195 Å². The van der Waals surface area contributed by atoms with E-state index in [1.165, 1.54) is 25.7 Å². The lowest BCUT2D eigenvalue weighted by atomic mass is 9.88. The molecule has 1 aliphatic rings. The molecule has 1 aliphatic carbocycles. The number of hydrogen-bond acceptors (Lipinski definition) is 6. The van der Waals surface area contributed by atoms with Crippen LogP contribution in [0.25, 0.3) is 0 Å². The van der Waals surface area contributed by atoms with Crippen molar-refractivity contribution in [2.24, 2.45) is 11.8 Å². The van der Waals surface area contributed by atoms with Gasteiger partial charge in [0, 0.05) is 19.6 Å². The van der Waals surface area contributed by atoms with Crippen molar-refractivity contribution in [1.82, 2.24) is 0 Å². The minimum Gasteiger partial charge on any atom is -0.463 e. The number of rotatable bonds is 19. The van der Waals surface area contributed by atoms with Crippen LogP contribution in [0.4, 0.5) is 0 Å².